The van der Waals surface area contributed by atoms with Crippen LogP contribution in [0, 0.1) is 12.8 Å². The zero-order valence-corrected chi connectivity index (χ0v) is 16.9. The Morgan fingerprint density at radius 1 is 1.26 bits per heavy atom. The number of hydrogen-bond donors (Lipinski definition) is 1. The summed E-state index contributed by atoms with van der Waals surface area (Å²) in [6.45, 7) is 8.48. The summed E-state index contributed by atoms with van der Waals surface area (Å²) < 4.78 is 12.2. The van der Waals surface area contributed by atoms with Crippen LogP contribution in [0.15, 0.2) is 28.9 Å². The van der Waals surface area contributed by atoms with E-state index in [2.05, 4.69) is 29.1 Å². The van der Waals surface area contributed by atoms with Crippen molar-refractivity contribution in [1.82, 2.24) is 15.3 Å². The lowest BCUT2D eigenvalue weighted by molar-refractivity contribution is 0.0932. The molecule has 1 amide bonds. The van der Waals surface area contributed by atoms with Crippen LogP contribution in [0.25, 0.3) is 10.2 Å². The molecule has 0 radical (unpaired) electrons. The van der Waals surface area contributed by atoms with Crippen LogP contribution < -0.4 is 10.1 Å². The number of oxazole rings is 1. The number of carbonyl (C=O) groups is 1. The summed E-state index contributed by atoms with van der Waals surface area (Å²) in [6, 6.07) is 5.88. The molecule has 3 aromatic rings. The standard InChI is InChI=1S/C20H25N3O3S/c1-12(2)5-6-13(3)21-20(24)17-10-26-19(23-17)11-25-15-7-8-18-16(9-15)22-14(4)27-18/h7-10,12-13H,5-6,11H2,1-4H3,(H,21,24)/t13-/m0/s1. The number of amides is 1. The molecule has 1 aromatic carbocycles. The molecule has 3 rings (SSSR count). The summed E-state index contributed by atoms with van der Waals surface area (Å²) in [7, 11) is 0. The number of nitrogens with one attached hydrogen (secondary N) is 1. The number of nitrogens with zero attached hydrogens (tertiary/aromatic N) is 2. The maximum absolute atomic E-state index is 12.3. The van der Waals surface area contributed by atoms with Gasteiger partial charge in [0.05, 0.1) is 15.2 Å². The zero-order valence-electron chi connectivity index (χ0n) is 16.1. The first kappa shape index (κ1) is 19.4. The number of hydrogen-bond acceptors (Lipinski definition) is 6. The number of rotatable bonds is 8. The van der Waals surface area contributed by atoms with Gasteiger partial charge in [-0.15, -0.1) is 11.3 Å². The molecule has 1 N–H and O–H groups in total. The molecule has 6 nitrogen and oxygen atoms in total. The molecule has 1 atom stereocenters. The normalized spacial score (nSPS) is 12.5. The molecule has 7 heteroatoms. The first-order valence-electron chi connectivity index (χ1n) is 9.16. The Hall–Kier alpha value is -2.41. The molecule has 2 heterocycles. The fourth-order valence-electron chi connectivity index (χ4n) is 2.69. The molecule has 27 heavy (non-hydrogen) atoms. The average Bonchev–Trinajstić information content (AvgIpc) is 3.23. The number of aromatic nitrogens is 2. The van der Waals surface area contributed by atoms with Crippen molar-refractivity contribution >= 4 is 27.5 Å². The fraction of sp³-hybridized carbons (Fsp3) is 0.450. The minimum absolute atomic E-state index is 0.101. The molecule has 0 saturated heterocycles. The second-order valence-corrected chi connectivity index (χ2v) is 8.36. The van der Waals surface area contributed by atoms with Gasteiger partial charge in [-0.2, -0.15) is 0 Å². The molecule has 144 valence electrons. The van der Waals surface area contributed by atoms with Crippen LogP contribution in [0.4, 0.5) is 0 Å². The molecule has 0 aliphatic carbocycles. The Labute approximate surface area is 163 Å². The molecule has 0 spiro atoms. The summed E-state index contributed by atoms with van der Waals surface area (Å²) in [4.78, 5) is 20.9. The summed E-state index contributed by atoms with van der Waals surface area (Å²) in [5.74, 6) is 1.46. The van der Waals surface area contributed by atoms with Crippen LogP contribution in [0.1, 0.15) is 55.0 Å². The van der Waals surface area contributed by atoms with Crippen molar-refractivity contribution < 1.29 is 13.9 Å². The first-order valence-corrected chi connectivity index (χ1v) is 9.97. The van der Waals surface area contributed by atoms with Gasteiger partial charge in [-0.3, -0.25) is 4.79 Å². The van der Waals surface area contributed by atoms with Gasteiger partial charge in [0.2, 0.25) is 5.89 Å². The predicted molar refractivity (Wildman–Crippen MR) is 106 cm³/mol. The van der Waals surface area contributed by atoms with Crippen molar-refractivity contribution in [2.45, 2.75) is 53.2 Å². The highest BCUT2D eigenvalue weighted by atomic mass is 32.1. The SMILES string of the molecule is Cc1nc2cc(OCc3nc(C(=O)N[C@@H](C)CCC(C)C)co3)ccc2s1. The monoisotopic (exact) mass is 387 g/mol. The van der Waals surface area contributed by atoms with Crippen molar-refractivity contribution in [2.24, 2.45) is 5.92 Å². The highest BCUT2D eigenvalue weighted by Gasteiger charge is 2.15. The molecule has 2 aromatic heterocycles. The smallest absolute Gasteiger partial charge is 0.273 e. The first-order chi connectivity index (χ1) is 12.9. The van der Waals surface area contributed by atoms with Crippen LogP contribution in [0.3, 0.4) is 0 Å². The second kappa shape index (κ2) is 8.52. The third kappa shape index (κ3) is 5.29. The lowest BCUT2D eigenvalue weighted by atomic mass is 10.0. The van der Waals surface area contributed by atoms with Gasteiger partial charge in [-0.25, -0.2) is 9.97 Å². The maximum Gasteiger partial charge on any atom is 0.273 e. The molecule has 0 aliphatic heterocycles. The Bertz CT molecular complexity index is 916. The third-order valence-electron chi connectivity index (χ3n) is 4.17. The van der Waals surface area contributed by atoms with Crippen LogP contribution >= 0.6 is 11.3 Å². The zero-order chi connectivity index (χ0) is 19.4. The van der Waals surface area contributed by atoms with Crippen LogP contribution in [0.5, 0.6) is 5.75 Å². The van der Waals surface area contributed by atoms with E-state index in [1.54, 1.807) is 11.3 Å². The molecular formula is C20H25N3O3S. The Balaban J connectivity index is 1.54. The lowest BCUT2D eigenvalue weighted by Gasteiger charge is -2.13. The van der Waals surface area contributed by atoms with E-state index >= 15 is 0 Å². The number of thiazole rings is 1. The van der Waals surface area contributed by atoms with Gasteiger partial charge >= 0.3 is 0 Å². The Morgan fingerprint density at radius 2 is 2.07 bits per heavy atom. The predicted octanol–water partition coefficient (Wildman–Crippen LogP) is 4.73. The van der Waals surface area contributed by atoms with Crippen LogP contribution in [0.2, 0.25) is 0 Å². The lowest BCUT2D eigenvalue weighted by Crippen LogP contribution is -2.33. The quantitative estimate of drug-likeness (QED) is 0.605. The van der Waals surface area contributed by atoms with Crippen molar-refractivity contribution in [3.63, 3.8) is 0 Å². The van der Waals surface area contributed by atoms with Gasteiger partial charge in [0.15, 0.2) is 12.3 Å². The van der Waals surface area contributed by atoms with Crippen molar-refractivity contribution in [3.05, 3.63) is 41.1 Å². The second-order valence-electron chi connectivity index (χ2n) is 7.12. The molecule has 0 saturated carbocycles. The molecule has 0 unspecified atom stereocenters. The summed E-state index contributed by atoms with van der Waals surface area (Å²) in [5, 5.41) is 3.97. The van der Waals surface area contributed by atoms with Gasteiger partial charge in [0, 0.05) is 12.1 Å². The van der Waals surface area contributed by atoms with E-state index < -0.39 is 0 Å². The Morgan fingerprint density at radius 3 is 2.85 bits per heavy atom. The van der Waals surface area contributed by atoms with E-state index in [4.69, 9.17) is 9.15 Å². The van der Waals surface area contributed by atoms with E-state index in [1.165, 1.54) is 6.26 Å². The van der Waals surface area contributed by atoms with E-state index in [-0.39, 0.29) is 24.2 Å². The highest BCUT2D eigenvalue weighted by molar-refractivity contribution is 7.18. The van der Waals surface area contributed by atoms with E-state index in [1.807, 2.05) is 32.0 Å². The van der Waals surface area contributed by atoms with Crippen LogP contribution in [-0.2, 0) is 6.61 Å². The number of fused-ring (bicyclic) bond motifs is 1. The molecule has 0 aliphatic rings. The minimum atomic E-state index is -0.222. The molecule has 0 fully saturated rings. The van der Waals surface area contributed by atoms with Crippen molar-refractivity contribution in [2.75, 3.05) is 0 Å². The maximum atomic E-state index is 12.3. The summed E-state index contributed by atoms with van der Waals surface area (Å²) >= 11 is 1.65. The fourth-order valence-corrected chi connectivity index (χ4v) is 3.50. The van der Waals surface area contributed by atoms with E-state index in [0.717, 1.165) is 28.1 Å². The largest absolute Gasteiger partial charge is 0.484 e. The number of benzene rings is 1. The van der Waals surface area contributed by atoms with E-state index in [0.29, 0.717) is 17.6 Å². The number of aryl methyl sites for hydroxylation is 1. The van der Waals surface area contributed by atoms with Gasteiger partial charge in [0.25, 0.3) is 5.91 Å². The molecule has 0 bridgehead atoms. The van der Waals surface area contributed by atoms with Gasteiger partial charge < -0.3 is 14.5 Å². The van der Waals surface area contributed by atoms with Gasteiger partial charge in [-0.1, -0.05) is 13.8 Å². The third-order valence-corrected chi connectivity index (χ3v) is 5.12. The molecular weight excluding hydrogens is 362 g/mol. The van der Waals surface area contributed by atoms with Gasteiger partial charge in [0.1, 0.15) is 12.0 Å². The topological polar surface area (TPSA) is 77.2 Å². The van der Waals surface area contributed by atoms with Crippen molar-refractivity contribution in [1.29, 1.82) is 0 Å². The van der Waals surface area contributed by atoms with Crippen molar-refractivity contribution in [3.8, 4) is 5.75 Å². The van der Waals surface area contributed by atoms with E-state index in [9.17, 15) is 4.79 Å². The minimum Gasteiger partial charge on any atom is -0.484 e. The summed E-state index contributed by atoms with van der Waals surface area (Å²) in [5.41, 5.74) is 1.19. The Kier molecular flexibility index (Phi) is 6.11. The highest BCUT2D eigenvalue weighted by Crippen LogP contribution is 2.26. The number of ether oxygens (including phenoxy) is 1. The van der Waals surface area contributed by atoms with Crippen LogP contribution in [-0.4, -0.2) is 21.9 Å². The average molecular weight is 388 g/mol. The summed E-state index contributed by atoms with van der Waals surface area (Å²) in [6.07, 6.45) is 3.38. The number of carbonyl (C=O) groups excluding carboxylic acids is 1. The van der Waals surface area contributed by atoms with Gasteiger partial charge in [-0.05, 0) is 44.7 Å².